The summed E-state index contributed by atoms with van der Waals surface area (Å²) in [5, 5.41) is 8.45. The summed E-state index contributed by atoms with van der Waals surface area (Å²) >= 11 is 0. The van der Waals surface area contributed by atoms with E-state index in [1.54, 1.807) is 0 Å². The highest BCUT2D eigenvalue weighted by atomic mass is 16.5. The Hall–Kier alpha value is -1.47. The average Bonchev–Trinajstić information content (AvgIpc) is 2.65. The van der Waals surface area contributed by atoms with Crippen LogP contribution in [0, 0.1) is 17.8 Å². The smallest absolute Gasteiger partial charge is 0.305 e. The molecule has 1 aliphatic carbocycles. The first-order valence-corrected chi connectivity index (χ1v) is 8.25. The lowest BCUT2D eigenvalue weighted by atomic mass is 9.72. The number of nitrogens with zero attached hydrogens (tertiary/aromatic N) is 1. The summed E-state index contributed by atoms with van der Waals surface area (Å²) in [4.78, 5) is 36.2. The fraction of sp³-hybridized carbons (Fsp3) is 0.812. The third kappa shape index (κ3) is 4.51. The molecule has 2 unspecified atom stereocenters. The summed E-state index contributed by atoms with van der Waals surface area (Å²) in [6.07, 6.45) is 3.22. The van der Waals surface area contributed by atoms with Gasteiger partial charge in [-0.2, -0.15) is 0 Å². The maximum Gasteiger partial charge on any atom is 0.305 e. The SMILES string of the molecule is CC1C(=O)N(CCOCCOCCC(=O)O)C(=O)C1C1CCC1. The van der Waals surface area contributed by atoms with Crippen LogP contribution in [0.25, 0.3) is 0 Å². The van der Waals surface area contributed by atoms with Crippen LogP contribution in [-0.4, -0.2) is 60.8 Å². The third-order valence-corrected chi connectivity index (χ3v) is 4.69. The Labute approximate surface area is 135 Å². The molecular formula is C16H25NO6. The van der Waals surface area contributed by atoms with Gasteiger partial charge in [0.2, 0.25) is 11.8 Å². The second-order valence-electron chi connectivity index (χ2n) is 6.20. The maximum absolute atomic E-state index is 12.4. The summed E-state index contributed by atoms with van der Waals surface area (Å²) < 4.78 is 10.4. The highest BCUT2D eigenvalue weighted by molar-refractivity contribution is 6.05. The molecule has 0 bridgehead atoms. The van der Waals surface area contributed by atoms with Crippen molar-refractivity contribution < 1.29 is 29.0 Å². The number of carbonyl (C=O) groups is 3. The molecule has 130 valence electrons. The molecule has 1 N–H and O–H groups in total. The van der Waals surface area contributed by atoms with Gasteiger partial charge in [0.05, 0.1) is 45.3 Å². The van der Waals surface area contributed by atoms with E-state index in [1.165, 1.54) is 4.90 Å². The molecule has 2 fully saturated rings. The molecule has 7 heteroatoms. The lowest BCUT2D eigenvalue weighted by Gasteiger charge is -2.31. The van der Waals surface area contributed by atoms with E-state index in [-0.39, 0.29) is 49.8 Å². The standard InChI is InChI=1S/C16H25NO6/c1-11-14(12-3-2-4-12)16(21)17(15(11)20)6-8-23-10-9-22-7-5-13(18)19/h11-12,14H,2-10H2,1H3,(H,18,19). The lowest BCUT2D eigenvalue weighted by Crippen LogP contribution is -2.36. The molecule has 2 atom stereocenters. The highest BCUT2D eigenvalue weighted by Gasteiger charge is 2.49. The Balaban J connectivity index is 1.62. The fourth-order valence-electron chi connectivity index (χ4n) is 3.17. The number of carboxylic acids is 1. The summed E-state index contributed by atoms with van der Waals surface area (Å²) in [5.41, 5.74) is 0. The normalized spacial score (nSPS) is 25.0. The van der Waals surface area contributed by atoms with E-state index < -0.39 is 5.97 Å². The van der Waals surface area contributed by atoms with Crippen molar-refractivity contribution in [1.82, 2.24) is 4.90 Å². The van der Waals surface area contributed by atoms with Gasteiger partial charge < -0.3 is 14.6 Å². The molecule has 2 aliphatic rings. The quantitative estimate of drug-likeness (QED) is 0.474. The molecule has 23 heavy (non-hydrogen) atoms. The number of aliphatic carboxylic acids is 1. The summed E-state index contributed by atoms with van der Waals surface area (Å²) in [6, 6.07) is 0. The summed E-state index contributed by atoms with van der Waals surface area (Å²) in [6.45, 7) is 3.18. The Kier molecular flexibility index (Phi) is 6.53. The molecule has 1 saturated carbocycles. The van der Waals surface area contributed by atoms with Crippen LogP contribution in [0.1, 0.15) is 32.6 Å². The molecular weight excluding hydrogens is 302 g/mol. The van der Waals surface area contributed by atoms with E-state index >= 15 is 0 Å². The number of carbonyl (C=O) groups excluding carboxylic acids is 2. The first kappa shape index (κ1) is 17.9. The van der Waals surface area contributed by atoms with Gasteiger partial charge in [-0.15, -0.1) is 0 Å². The first-order valence-electron chi connectivity index (χ1n) is 8.25. The Morgan fingerprint density at radius 2 is 1.78 bits per heavy atom. The van der Waals surface area contributed by atoms with Crippen LogP contribution in [0.4, 0.5) is 0 Å². The Morgan fingerprint density at radius 1 is 1.13 bits per heavy atom. The van der Waals surface area contributed by atoms with Gasteiger partial charge in [-0.3, -0.25) is 19.3 Å². The van der Waals surface area contributed by atoms with Crippen molar-refractivity contribution in [3.8, 4) is 0 Å². The molecule has 0 aromatic heterocycles. The zero-order chi connectivity index (χ0) is 16.8. The van der Waals surface area contributed by atoms with Gasteiger partial charge in [-0.05, 0) is 18.8 Å². The minimum atomic E-state index is -0.896. The van der Waals surface area contributed by atoms with Crippen LogP contribution >= 0.6 is 0 Å². The maximum atomic E-state index is 12.4. The van der Waals surface area contributed by atoms with Crippen molar-refractivity contribution in [2.75, 3.05) is 33.0 Å². The van der Waals surface area contributed by atoms with E-state index in [0.29, 0.717) is 19.1 Å². The number of hydrogen-bond donors (Lipinski definition) is 1. The molecule has 1 aliphatic heterocycles. The zero-order valence-corrected chi connectivity index (χ0v) is 13.5. The third-order valence-electron chi connectivity index (χ3n) is 4.69. The Morgan fingerprint density at radius 3 is 2.35 bits per heavy atom. The van der Waals surface area contributed by atoms with Crippen molar-refractivity contribution in [2.45, 2.75) is 32.6 Å². The molecule has 1 heterocycles. The first-order chi connectivity index (χ1) is 11.0. The molecule has 0 aromatic carbocycles. The van der Waals surface area contributed by atoms with E-state index in [9.17, 15) is 14.4 Å². The van der Waals surface area contributed by atoms with Gasteiger partial charge in [0.1, 0.15) is 0 Å². The van der Waals surface area contributed by atoms with Crippen LogP contribution in [0.15, 0.2) is 0 Å². The number of likely N-dealkylation sites (tertiary alicyclic amines) is 1. The van der Waals surface area contributed by atoms with E-state index in [2.05, 4.69) is 0 Å². The molecule has 2 rings (SSSR count). The molecule has 0 aromatic rings. The van der Waals surface area contributed by atoms with Gasteiger partial charge in [-0.1, -0.05) is 13.3 Å². The summed E-state index contributed by atoms with van der Waals surface area (Å²) in [7, 11) is 0. The predicted octanol–water partition coefficient (Wildman–Crippen LogP) is 0.916. The van der Waals surface area contributed by atoms with Crippen molar-refractivity contribution in [1.29, 1.82) is 0 Å². The van der Waals surface area contributed by atoms with E-state index in [1.807, 2.05) is 6.92 Å². The second kappa shape index (κ2) is 8.40. The van der Waals surface area contributed by atoms with E-state index in [4.69, 9.17) is 14.6 Å². The molecule has 0 spiro atoms. The van der Waals surface area contributed by atoms with Gasteiger partial charge in [0, 0.05) is 5.92 Å². The number of ether oxygens (including phenoxy) is 2. The lowest BCUT2D eigenvalue weighted by molar-refractivity contribution is -0.141. The number of rotatable bonds is 10. The topological polar surface area (TPSA) is 93.1 Å². The molecule has 2 amide bonds. The fourth-order valence-corrected chi connectivity index (χ4v) is 3.17. The van der Waals surface area contributed by atoms with Crippen molar-refractivity contribution >= 4 is 17.8 Å². The molecule has 1 saturated heterocycles. The van der Waals surface area contributed by atoms with Crippen molar-refractivity contribution in [2.24, 2.45) is 17.8 Å². The van der Waals surface area contributed by atoms with Crippen molar-refractivity contribution in [3.05, 3.63) is 0 Å². The van der Waals surface area contributed by atoms with Crippen molar-refractivity contribution in [3.63, 3.8) is 0 Å². The number of imide groups is 1. The van der Waals surface area contributed by atoms with Crippen LogP contribution in [0.5, 0.6) is 0 Å². The number of amides is 2. The highest BCUT2D eigenvalue weighted by Crippen LogP contribution is 2.41. The van der Waals surface area contributed by atoms with Gasteiger partial charge in [0.15, 0.2) is 0 Å². The minimum Gasteiger partial charge on any atom is -0.481 e. The second-order valence-corrected chi connectivity index (χ2v) is 6.20. The van der Waals surface area contributed by atoms with Crippen LogP contribution < -0.4 is 0 Å². The minimum absolute atomic E-state index is 0.0305. The monoisotopic (exact) mass is 327 g/mol. The van der Waals surface area contributed by atoms with Crippen LogP contribution in [-0.2, 0) is 23.9 Å². The average molecular weight is 327 g/mol. The van der Waals surface area contributed by atoms with Crippen LogP contribution in [0.2, 0.25) is 0 Å². The largest absolute Gasteiger partial charge is 0.481 e. The zero-order valence-electron chi connectivity index (χ0n) is 13.5. The Bertz CT molecular complexity index is 448. The predicted molar refractivity (Wildman–Crippen MR) is 80.6 cm³/mol. The van der Waals surface area contributed by atoms with Gasteiger partial charge in [0.25, 0.3) is 0 Å². The summed E-state index contributed by atoms with van der Waals surface area (Å²) in [5.74, 6) is -1.02. The van der Waals surface area contributed by atoms with Gasteiger partial charge in [-0.25, -0.2) is 0 Å². The van der Waals surface area contributed by atoms with Gasteiger partial charge >= 0.3 is 5.97 Å². The van der Waals surface area contributed by atoms with E-state index in [0.717, 1.165) is 19.3 Å². The van der Waals surface area contributed by atoms with Crippen LogP contribution in [0.3, 0.4) is 0 Å². The molecule has 7 nitrogen and oxygen atoms in total. The number of carboxylic acid groups (broad SMARTS) is 1. The molecule has 0 radical (unpaired) electrons. The number of hydrogen-bond acceptors (Lipinski definition) is 5.